The lowest BCUT2D eigenvalue weighted by molar-refractivity contribution is 0.141. The van der Waals surface area contributed by atoms with Crippen LogP contribution in [0.1, 0.15) is 42.8 Å². The van der Waals surface area contributed by atoms with E-state index in [1.165, 1.54) is 12.0 Å². The number of aryl methyl sites for hydroxylation is 2. The lowest BCUT2D eigenvalue weighted by Crippen LogP contribution is -2.41. The second-order valence-electron chi connectivity index (χ2n) is 9.15. The van der Waals surface area contributed by atoms with E-state index in [2.05, 4.69) is 44.5 Å². The second-order valence-corrected chi connectivity index (χ2v) is 9.15. The molecular weight excluding hydrogens is 428 g/mol. The Hall–Kier alpha value is -3.52. The van der Waals surface area contributed by atoms with Crippen LogP contribution in [0.3, 0.4) is 0 Å². The fourth-order valence-electron chi connectivity index (χ4n) is 4.94. The lowest BCUT2D eigenvalue weighted by Gasteiger charge is -2.36. The number of fused-ring (bicyclic) bond motifs is 1. The van der Waals surface area contributed by atoms with Crippen LogP contribution in [0, 0.1) is 5.92 Å². The molecule has 0 spiro atoms. The summed E-state index contributed by atoms with van der Waals surface area (Å²) in [6.07, 6.45) is 3.09. The van der Waals surface area contributed by atoms with Crippen LogP contribution in [-0.2, 0) is 13.0 Å². The molecule has 2 aromatic heterocycles. The van der Waals surface area contributed by atoms with Crippen molar-refractivity contribution in [3.8, 4) is 5.75 Å². The highest BCUT2D eigenvalue weighted by Gasteiger charge is 2.32. The third-order valence-corrected chi connectivity index (χ3v) is 6.69. The third-order valence-electron chi connectivity index (χ3n) is 6.69. The van der Waals surface area contributed by atoms with E-state index in [9.17, 15) is 4.79 Å². The zero-order valence-corrected chi connectivity index (χ0v) is 19.6. The molecule has 0 radical (unpaired) electrons. The largest absolute Gasteiger partial charge is 0.497 e. The molecule has 2 aromatic carbocycles. The SMILES string of the molecule is COc1ccc2[nH]c(=O)c(C(c3nnnn3CCc3ccccc3)N3CCCC(C)C3)cc2c1. The molecule has 1 saturated heterocycles. The zero-order chi connectivity index (χ0) is 23.5. The van der Waals surface area contributed by atoms with Gasteiger partial charge in [-0.3, -0.25) is 9.69 Å². The summed E-state index contributed by atoms with van der Waals surface area (Å²) in [6.45, 7) is 4.70. The van der Waals surface area contributed by atoms with Crippen molar-refractivity contribution in [2.45, 2.75) is 38.8 Å². The number of methoxy groups -OCH3 is 1. The summed E-state index contributed by atoms with van der Waals surface area (Å²) in [5.41, 5.74) is 2.55. The molecule has 1 aliphatic heterocycles. The van der Waals surface area contributed by atoms with Crippen molar-refractivity contribution in [2.75, 3.05) is 20.2 Å². The number of pyridine rings is 1. The maximum absolute atomic E-state index is 13.3. The maximum Gasteiger partial charge on any atom is 0.253 e. The van der Waals surface area contributed by atoms with Gasteiger partial charge in [-0.1, -0.05) is 37.3 Å². The fourth-order valence-corrected chi connectivity index (χ4v) is 4.94. The Morgan fingerprint density at radius 1 is 1.18 bits per heavy atom. The first-order chi connectivity index (χ1) is 16.6. The van der Waals surface area contributed by atoms with Gasteiger partial charge in [0.2, 0.25) is 0 Å². The first-order valence-electron chi connectivity index (χ1n) is 11.9. The monoisotopic (exact) mass is 458 g/mol. The molecular formula is C26H30N6O2. The number of hydrogen-bond donors (Lipinski definition) is 1. The number of piperidine rings is 1. The van der Waals surface area contributed by atoms with Gasteiger partial charge < -0.3 is 9.72 Å². The molecule has 0 saturated carbocycles. The van der Waals surface area contributed by atoms with E-state index in [0.717, 1.165) is 42.6 Å². The van der Waals surface area contributed by atoms with Gasteiger partial charge in [0.15, 0.2) is 5.82 Å². The number of nitrogens with one attached hydrogen (secondary N) is 1. The Kier molecular flexibility index (Phi) is 6.40. The quantitative estimate of drug-likeness (QED) is 0.455. The Bertz CT molecular complexity index is 1320. The number of H-pyrrole nitrogens is 1. The standard InChI is InChI=1S/C26H30N6O2/c1-18-7-6-13-31(17-18)24(22-16-20-15-21(34-2)10-11-23(20)27-26(22)33)25-28-29-30-32(25)14-12-19-8-4-3-5-9-19/h3-5,8-11,15-16,18,24H,6-7,12-14,17H2,1-2H3,(H,27,33). The average molecular weight is 459 g/mol. The van der Waals surface area contributed by atoms with E-state index < -0.39 is 0 Å². The Morgan fingerprint density at radius 3 is 2.82 bits per heavy atom. The van der Waals surface area contributed by atoms with Gasteiger partial charge in [0.1, 0.15) is 11.8 Å². The number of nitrogens with zero attached hydrogens (tertiary/aromatic N) is 5. The van der Waals surface area contributed by atoms with Gasteiger partial charge in [-0.25, -0.2) is 4.68 Å². The van der Waals surface area contributed by atoms with Crippen molar-refractivity contribution in [3.05, 3.63) is 81.9 Å². The summed E-state index contributed by atoms with van der Waals surface area (Å²) in [4.78, 5) is 18.8. The summed E-state index contributed by atoms with van der Waals surface area (Å²) in [7, 11) is 1.65. The third kappa shape index (κ3) is 4.59. The molecule has 0 bridgehead atoms. The van der Waals surface area contributed by atoms with E-state index in [0.29, 0.717) is 23.9 Å². The van der Waals surface area contributed by atoms with E-state index in [-0.39, 0.29) is 11.6 Å². The number of aromatic amines is 1. The molecule has 0 amide bonds. The van der Waals surface area contributed by atoms with Crippen molar-refractivity contribution in [3.63, 3.8) is 0 Å². The van der Waals surface area contributed by atoms with Crippen molar-refractivity contribution in [2.24, 2.45) is 5.92 Å². The van der Waals surface area contributed by atoms with Gasteiger partial charge in [0.25, 0.3) is 5.56 Å². The van der Waals surface area contributed by atoms with E-state index in [1.54, 1.807) is 7.11 Å². The molecule has 8 nitrogen and oxygen atoms in total. The minimum absolute atomic E-state index is 0.112. The van der Waals surface area contributed by atoms with Crippen molar-refractivity contribution in [1.82, 2.24) is 30.1 Å². The minimum atomic E-state index is -0.326. The summed E-state index contributed by atoms with van der Waals surface area (Å²) in [5.74, 6) is 2.00. The Labute approximate surface area is 198 Å². The zero-order valence-electron chi connectivity index (χ0n) is 19.6. The normalized spacial score (nSPS) is 17.6. The summed E-state index contributed by atoms with van der Waals surface area (Å²) >= 11 is 0. The molecule has 2 unspecified atom stereocenters. The Morgan fingerprint density at radius 2 is 2.03 bits per heavy atom. The number of ether oxygens (including phenoxy) is 1. The minimum Gasteiger partial charge on any atom is -0.497 e. The van der Waals surface area contributed by atoms with Crippen LogP contribution in [0.5, 0.6) is 5.75 Å². The number of hydrogen-bond acceptors (Lipinski definition) is 6. The van der Waals surface area contributed by atoms with Crippen LogP contribution < -0.4 is 10.3 Å². The van der Waals surface area contributed by atoms with Crippen LogP contribution in [0.4, 0.5) is 0 Å². The molecule has 1 N–H and O–H groups in total. The average Bonchev–Trinajstić information content (AvgIpc) is 3.32. The molecule has 2 atom stereocenters. The van der Waals surface area contributed by atoms with Crippen molar-refractivity contribution >= 4 is 10.9 Å². The van der Waals surface area contributed by atoms with Crippen LogP contribution in [0.2, 0.25) is 0 Å². The molecule has 3 heterocycles. The van der Waals surface area contributed by atoms with Crippen LogP contribution in [0.25, 0.3) is 10.9 Å². The van der Waals surface area contributed by atoms with Gasteiger partial charge in [0, 0.05) is 29.6 Å². The molecule has 8 heteroatoms. The number of benzene rings is 2. The van der Waals surface area contributed by atoms with Crippen molar-refractivity contribution < 1.29 is 4.74 Å². The van der Waals surface area contributed by atoms with E-state index >= 15 is 0 Å². The number of rotatable bonds is 7. The van der Waals surface area contributed by atoms with Crippen LogP contribution in [0.15, 0.2) is 59.4 Å². The second kappa shape index (κ2) is 9.77. The summed E-state index contributed by atoms with van der Waals surface area (Å²) in [5, 5.41) is 13.7. The maximum atomic E-state index is 13.3. The smallest absolute Gasteiger partial charge is 0.253 e. The van der Waals surface area contributed by atoms with Gasteiger partial charge in [0.05, 0.1) is 7.11 Å². The first-order valence-corrected chi connectivity index (χ1v) is 11.9. The fraction of sp³-hybridized carbons (Fsp3) is 0.385. The Balaban J connectivity index is 1.57. The molecule has 4 aromatic rings. The molecule has 0 aliphatic carbocycles. The lowest BCUT2D eigenvalue weighted by atomic mass is 9.95. The molecule has 1 fully saturated rings. The number of likely N-dealkylation sites (tertiary alicyclic amines) is 1. The van der Waals surface area contributed by atoms with Gasteiger partial charge in [-0.05, 0) is 72.0 Å². The topological polar surface area (TPSA) is 88.9 Å². The van der Waals surface area contributed by atoms with Crippen LogP contribution in [-0.4, -0.2) is 50.3 Å². The van der Waals surface area contributed by atoms with Crippen molar-refractivity contribution in [1.29, 1.82) is 0 Å². The number of aromatic nitrogens is 5. The van der Waals surface area contributed by atoms with Gasteiger partial charge in [-0.2, -0.15) is 0 Å². The van der Waals surface area contributed by atoms with Gasteiger partial charge >= 0.3 is 0 Å². The molecule has 1 aliphatic rings. The van der Waals surface area contributed by atoms with Gasteiger partial charge in [-0.15, -0.1) is 5.10 Å². The van der Waals surface area contributed by atoms with Crippen LogP contribution >= 0.6 is 0 Å². The molecule has 5 rings (SSSR count). The molecule has 176 valence electrons. The predicted molar refractivity (Wildman–Crippen MR) is 131 cm³/mol. The molecule has 34 heavy (non-hydrogen) atoms. The first kappa shape index (κ1) is 22.3. The predicted octanol–water partition coefficient (Wildman–Crippen LogP) is 3.59. The van der Waals surface area contributed by atoms with E-state index in [1.807, 2.05) is 47.1 Å². The highest BCUT2D eigenvalue weighted by atomic mass is 16.5. The highest BCUT2D eigenvalue weighted by Crippen LogP contribution is 2.31. The summed E-state index contributed by atoms with van der Waals surface area (Å²) in [6, 6.07) is 17.6. The highest BCUT2D eigenvalue weighted by molar-refractivity contribution is 5.80. The number of tetrazole rings is 1. The summed E-state index contributed by atoms with van der Waals surface area (Å²) < 4.78 is 7.26. The van der Waals surface area contributed by atoms with E-state index in [4.69, 9.17) is 4.74 Å².